The van der Waals surface area contributed by atoms with Crippen LogP contribution in [0.2, 0.25) is 6.04 Å². The molecule has 0 aliphatic carbocycles. The largest absolute Gasteiger partial charge is 3.00 e. The minimum absolute atomic E-state index is 0. The van der Waals surface area contributed by atoms with Gasteiger partial charge in [0.15, 0.2) is 0 Å². The van der Waals surface area contributed by atoms with Crippen molar-refractivity contribution in [2.45, 2.75) is 51.5 Å². The fraction of sp³-hybridized carbons (Fsp3) is 0.229. The number of unbranched alkanes of at least 4 members (excludes halogenated alkanes) is 5. The van der Waals surface area contributed by atoms with Gasteiger partial charge in [-0.1, -0.05) is 124 Å². The normalized spacial score (nSPS) is 9.69. The summed E-state index contributed by atoms with van der Waals surface area (Å²) in [6.07, 6.45) is 8.39. The summed E-state index contributed by atoms with van der Waals surface area (Å²) in [5, 5.41) is 10.8. The van der Waals surface area contributed by atoms with Gasteiger partial charge >= 0.3 is 26.2 Å². The van der Waals surface area contributed by atoms with Gasteiger partial charge in [0.2, 0.25) is 0 Å². The molecule has 6 aromatic rings. The monoisotopic (exact) mass is 648 g/mol. The van der Waals surface area contributed by atoms with E-state index in [1.54, 1.807) is 0 Å². The average Bonchev–Trinajstić information content (AvgIpc) is 3.48. The van der Waals surface area contributed by atoms with Crippen molar-refractivity contribution in [2.75, 3.05) is 0 Å². The third-order valence-electron chi connectivity index (χ3n) is 6.58. The van der Waals surface area contributed by atoms with Gasteiger partial charge < -0.3 is 7.43 Å². The van der Waals surface area contributed by atoms with E-state index in [4.69, 9.17) is 0 Å². The molecule has 6 rings (SSSR count). The molecule has 0 aliphatic rings. The van der Waals surface area contributed by atoms with Crippen LogP contribution in [0.15, 0.2) is 109 Å². The number of fused-ring (bicyclic) bond motifs is 6. The summed E-state index contributed by atoms with van der Waals surface area (Å²) in [5.74, 6) is 0. The molecule has 0 saturated carbocycles. The molecule has 0 spiro atoms. The Bertz CT molecular complexity index is 1250. The third-order valence-corrected chi connectivity index (χ3v) is 6.93. The van der Waals surface area contributed by atoms with Crippen LogP contribution in [0.3, 0.4) is 0 Å². The van der Waals surface area contributed by atoms with E-state index in [2.05, 4.69) is 126 Å². The van der Waals surface area contributed by atoms with Gasteiger partial charge in [-0.15, -0.1) is 104 Å². The van der Waals surface area contributed by atoms with Gasteiger partial charge in [-0.25, -0.2) is 0 Å². The van der Waals surface area contributed by atoms with Gasteiger partial charge in [-0.2, -0.15) is 0 Å². The molecule has 0 N–H and O–H groups in total. The molecule has 0 unspecified atom stereocenters. The second-order valence-corrected chi connectivity index (χ2v) is 9.66. The van der Waals surface area contributed by atoms with Gasteiger partial charge in [0.25, 0.3) is 0 Å². The minimum atomic E-state index is 0. The molecule has 0 heterocycles. The average molecular weight is 651 g/mol. The van der Waals surface area contributed by atoms with Crippen LogP contribution >= 0.6 is 24.8 Å². The van der Waals surface area contributed by atoms with E-state index in [9.17, 15) is 0 Å². The zero-order chi connectivity index (χ0) is 24.3. The van der Waals surface area contributed by atoms with Crippen LogP contribution in [0.1, 0.15) is 45.4 Å². The standard InChI is InChI=1S/2C13H9.C8H17Si.CH3.2ClH.Zr/c2*1-3-7-12-10(5-1)9-11-6-2-4-8-13(11)12;1-2-3-4-5-6-7-8-9;;;;/h2*1-9H;2-8H2,1H3;1H3;2*1H;/q2*-1;;-1;;;+3. The summed E-state index contributed by atoms with van der Waals surface area (Å²) in [4.78, 5) is 0. The second kappa shape index (κ2) is 20.2. The van der Waals surface area contributed by atoms with Crippen molar-refractivity contribution < 1.29 is 26.2 Å². The fourth-order valence-electron chi connectivity index (χ4n) is 4.71. The van der Waals surface area contributed by atoms with Crippen LogP contribution in [0, 0.1) is 7.43 Å². The first-order valence-electron chi connectivity index (χ1n) is 13.0. The van der Waals surface area contributed by atoms with E-state index in [0.717, 1.165) is 0 Å². The SMILES string of the molecule is CCCCCCCC[Si].Cl.Cl.[CH3-].[Zr+3].c1ccc2c(c1)[cH-]c1ccccc12.c1ccc2c(c1)[cH-]c1ccccc12. The summed E-state index contributed by atoms with van der Waals surface area (Å²) in [7, 11) is 3.46. The molecule has 0 atom stereocenters. The molecule has 202 valence electrons. The smallest absolute Gasteiger partial charge is 0.358 e. The van der Waals surface area contributed by atoms with E-state index in [1.165, 1.54) is 87.7 Å². The number of halogens is 2. The molecule has 0 aromatic heterocycles. The maximum Gasteiger partial charge on any atom is 3.00 e. The Morgan fingerprint density at radius 1 is 0.487 bits per heavy atom. The fourth-order valence-corrected chi connectivity index (χ4v) is 4.96. The molecular formula is C35H40Cl2SiZr. The van der Waals surface area contributed by atoms with Crippen LogP contribution in [0.5, 0.6) is 0 Å². The first kappa shape index (κ1) is 37.3. The topological polar surface area (TPSA) is 0 Å². The van der Waals surface area contributed by atoms with E-state index in [1.807, 2.05) is 0 Å². The van der Waals surface area contributed by atoms with E-state index in [-0.39, 0.29) is 58.4 Å². The first-order chi connectivity index (χ1) is 17.3. The van der Waals surface area contributed by atoms with Crippen molar-refractivity contribution >= 4 is 78.1 Å². The summed E-state index contributed by atoms with van der Waals surface area (Å²) in [5.41, 5.74) is 0. The minimum Gasteiger partial charge on any atom is -0.358 e. The maximum absolute atomic E-state index is 3.46. The summed E-state index contributed by atoms with van der Waals surface area (Å²) >= 11 is 0. The van der Waals surface area contributed by atoms with Crippen LogP contribution in [-0.4, -0.2) is 10.2 Å². The van der Waals surface area contributed by atoms with Gasteiger partial charge in [0, 0.05) is 10.2 Å². The van der Waals surface area contributed by atoms with Crippen molar-refractivity contribution in [2.24, 2.45) is 0 Å². The number of benzene rings is 4. The zero-order valence-electron chi connectivity index (χ0n) is 23.2. The summed E-state index contributed by atoms with van der Waals surface area (Å²) in [6.45, 7) is 2.25. The van der Waals surface area contributed by atoms with Gasteiger partial charge in [0.1, 0.15) is 0 Å². The predicted molar refractivity (Wildman–Crippen MR) is 179 cm³/mol. The first-order valence-corrected chi connectivity index (χ1v) is 13.7. The van der Waals surface area contributed by atoms with Crippen LogP contribution < -0.4 is 0 Å². The van der Waals surface area contributed by atoms with Crippen molar-refractivity contribution in [3.63, 3.8) is 0 Å². The molecule has 4 heteroatoms. The van der Waals surface area contributed by atoms with Gasteiger partial charge in [-0.05, 0) is 0 Å². The van der Waals surface area contributed by atoms with Crippen molar-refractivity contribution in [1.29, 1.82) is 0 Å². The van der Waals surface area contributed by atoms with Crippen LogP contribution in [0.25, 0.3) is 43.1 Å². The number of hydrogen-bond acceptors (Lipinski definition) is 0. The van der Waals surface area contributed by atoms with Crippen molar-refractivity contribution in [3.8, 4) is 0 Å². The van der Waals surface area contributed by atoms with E-state index < -0.39 is 0 Å². The molecule has 4 radical (unpaired) electrons. The van der Waals surface area contributed by atoms with Crippen molar-refractivity contribution in [3.05, 3.63) is 117 Å². The van der Waals surface area contributed by atoms with Crippen LogP contribution in [0.4, 0.5) is 0 Å². The molecule has 0 saturated heterocycles. The molecule has 0 fully saturated rings. The Morgan fingerprint density at radius 3 is 1.08 bits per heavy atom. The Hall–Kier alpha value is -1.70. The molecular weight excluding hydrogens is 611 g/mol. The van der Waals surface area contributed by atoms with E-state index in [0.29, 0.717) is 0 Å². The predicted octanol–water partition coefficient (Wildman–Crippen LogP) is 11.6. The molecule has 0 amide bonds. The van der Waals surface area contributed by atoms with E-state index >= 15 is 0 Å². The Morgan fingerprint density at radius 2 is 0.769 bits per heavy atom. The molecule has 0 aliphatic heterocycles. The number of rotatable bonds is 6. The van der Waals surface area contributed by atoms with Crippen molar-refractivity contribution in [1.82, 2.24) is 0 Å². The molecule has 39 heavy (non-hydrogen) atoms. The van der Waals surface area contributed by atoms with Crippen LogP contribution in [-0.2, 0) is 26.2 Å². The Labute approximate surface area is 270 Å². The Kier molecular flexibility index (Phi) is 19.3. The quantitative estimate of drug-likeness (QED) is 0.0956. The second-order valence-electron chi connectivity index (χ2n) is 9.16. The molecule has 6 aromatic carbocycles. The Balaban J connectivity index is 0.000000540. The zero-order valence-corrected chi connectivity index (χ0v) is 28.2. The van der Waals surface area contributed by atoms with Gasteiger partial charge in [0.05, 0.1) is 0 Å². The van der Waals surface area contributed by atoms with Gasteiger partial charge in [-0.3, -0.25) is 0 Å². The third kappa shape index (κ3) is 10.3. The summed E-state index contributed by atoms with van der Waals surface area (Å²) < 4.78 is 0. The molecule has 0 nitrogen and oxygen atoms in total. The number of hydrogen-bond donors (Lipinski definition) is 0. The molecule has 0 bridgehead atoms. The maximum atomic E-state index is 3.46. The summed E-state index contributed by atoms with van der Waals surface area (Å²) in [6, 6.07) is 39.7.